The smallest absolute Gasteiger partial charge is 0.152 e. The molecule has 2 aromatic rings. The molecule has 0 amide bonds. The van der Waals surface area contributed by atoms with Gasteiger partial charge in [0.2, 0.25) is 0 Å². The number of rotatable bonds is 3. The van der Waals surface area contributed by atoms with E-state index < -0.39 is 0 Å². The molecule has 0 saturated heterocycles. The second-order valence-corrected chi connectivity index (χ2v) is 4.98. The average Bonchev–Trinajstić information content (AvgIpc) is 2.58. The van der Waals surface area contributed by atoms with Gasteiger partial charge in [0.05, 0.1) is 17.1 Å². The molecule has 0 saturated carbocycles. The molecule has 6 nitrogen and oxygen atoms in total. The topological polar surface area (TPSA) is 112 Å². The number of allylic oxidation sites excluding steroid dienone is 2. The molecule has 0 aromatic carbocycles. The second-order valence-electron chi connectivity index (χ2n) is 4.62. The molecule has 0 bridgehead atoms. The van der Waals surface area contributed by atoms with E-state index in [1.54, 1.807) is 42.7 Å². The van der Waals surface area contributed by atoms with E-state index in [-0.39, 0.29) is 11.6 Å². The number of halogens is 1. The van der Waals surface area contributed by atoms with E-state index in [1.807, 2.05) is 0 Å². The fourth-order valence-electron chi connectivity index (χ4n) is 1.16. The van der Waals surface area contributed by atoms with Gasteiger partial charge in [-0.2, -0.15) is 0 Å². The minimum atomic E-state index is -0.0138. The third kappa shape index (κ3) is 11.2. The molecule has 7 heteroatoms. The molecule has 132 valence electrons. The Kier molecular flexibility index (Phi) is 10.9. The number of nitrogen functional groups attached to an aromatic ring is 2. The first-order chi connectivity index (χ1) is 11.8. The lowest BCUT2D eigenvalue weighted by Crippen LogP contribution is -1.91. The number of pyridine rings is 2. The third-order valence-corrected chi connectivity index (χ3v) is 2.74. The van der Waals surface area contributed by atoms with Crippen molar-refractivity contribution in [3.8, 4) is 0 Å². The van der Waals surface area contributed by atoms with Gasteiger partial charge in [-0.1, -0.05) is 18.2 Å². The third-order valence-electron chi connectivity index (χ3n) is 2.42. The molecule has 2 heterocycles. The van der Waals surface area contributed by atoms with Crippen molar-refractivity contribution in [1.29, 1.82) is 0 Å². The Morgan fingerprint density at radius 2 is 1.56 bits per heavy atom. The zero-order valence-electron chi connectivity index (χ0n) is 14.1. The van der Waals surface area contributed by atoms with Gasteiger partial charge in [-0.05, 0) is 56.3 Å². The largest absolute Gasteiger partial charge is 0.397 e. The van der Waals surface area contributed by atoms with Gasteiger partial charge < -0.3 is 11.5 Å². The first-order valence-corrected chi connectivity index (χ1v) is 7.53. The molecule has 0 spiro atoms. The lowest BCUT2D eigenvalue weighted by molar-refractivity contribution is -0.113. The van der Waals surface area contributed by atoms with Crippen LogP contribution in [0.3, 0.4) is 0 Å². The summed E-state index contributed by atoms with van der Waals surface area (Å²) in [6, 6.07) is 6.93. The van der Waals surface area contributed by atoms with E-state index in [4.69, 9.17) is 23.1 Å². The summed E-state index contributed by atoms with van der Waals surface area (Å²) in [4.78, 5) is 28.0. The minimum Gasteiger partial charge on any atom is -0.397 e. The summed E-state index contributed by atoms with van der Waals surface area (Å²) >= 11 is 5.47. The fraction of sp³-hybridized carbons (Fsp3) is 0.111. The molecule has 0 fully saturated rings. The Bertz CT molecular complexity index is 724. The van der Waals surface area contributed by atoms with Gasteiger partial charge in [-0.3, -0.25) is 14.6 Å². The number of anilines is 2. The van der Waals surface area contributed by atoms with Crippen LogP contribution in [0.25, 0.3) is 6.08 Å². The Balaban J connectivity index is 0.000000382. The molecule has 4 N–H and O–H groups in total. The number of carbonyl (C=O) groups is 2. The highest BCUT2D eigenvalue weighted by molar-refractivity contribution is 6.31. The van der Waals surface area contributed by atoms with Crippen molar-refractivity contribution < 1.29 is 9.59 Å². The summed E-state index contributed by atoms with van der Waals surface area (Å²) in [5, 5.41) is 0.368. The molecule has 2 aromatic heterocycles. The van der Waals surface area contributed by atoms with Crippen LogP contribution in [0.15, 0.2) is 55.4 Å². The number of ketones is 2. The summed E-state index contributed by atoms with van der Waals surface area (Å²) in [7, 11) is 0. The Labute approximate surface area is 152 Å². The van der Waals surface area contributed by atoms with Crippen LogP contribution in [0.1, 0.15) is 19.5 Å². The van der Waals surface area contributed by atoms with Gasteiger partial charge >= 0.3 is 0 Å². The van der Waals surface area contributed by atoms with Crippen molar-refractivity contribution in [2.75, 3.05) is 11.5 Å². The van der Waals surface area contributed by atoms with Crippen LogP contribution >= 0.6 is 11.6 Å². The van der Waals surface area contributed by atoms with Gasteiger partial charge in [0.1, 0.15) is 0 Å². The predicted octanol–water partition coefficient (Wildman–Crippen LogP) is 3.34. The van der Waals surface area contributed by atoms with Crippen LogP contribution in [0.2, 0.25) is 5.15 Å². The summed E-state index contributed by atoms with van der Waals surface area (Å²) in [6.45, 7) is 6.16. The quantitative estimate of drug-likeness (QED) is 0.641. The Morgan fingerprint density at radius 3 is 1.92 bits per heavy atom. The van der Waals surface area contributed by atoms with Crippen LogP contribution in [0.5, 0.6) is 0 Å². The van der Waals surface area contributed by atoms with Crippen molar-refractivity contribution in [3.63, 3.8) is 0 Å². The lowest BCUT2D eigenvalue weighted by atomic mass is 10.2. The molecular formula is C18H21ClN4O2. The normalized spacial score (nSPS) is 9.24. The lowest BCUT2D eigenvalue weighted by Gasteiger charge is -1.95. The molecular weight excluding hydrogens is 340 g/mol. The summed E-state index contributed by atoms with van der Waals surface area (Å²) in [5.41, 5.74) is 12.6. The summed E-state index contributed by atoms with van der Waals surface area (Å²) in [6.07, 6.45) is 7.56. The van der Waals surface area contributed by atoms with Crippen molar-refractivity contribution in [2.45, 2.75) is 13.8 Å². The molecule has 0 aliphatic heterocycles. The van der Waals surface area contributed by atoms with E-state index in [9.17, 15) is 9.59 Å². The number of nitrogens with zero attached hydrogens (tertiary/aromatic N) is 2. The maximum absolute atomic E-state index is 10.6. The molecule has 25 heavy (non-hydrogen) atoms. The van der Waals surface area contributed by atoms with Gasteiger partial charge in [0.25, 0.3) is 0 Å². The van der Waals surface area contributed by atoms with Gasteiger partial charge in [0.15, 0.2) is 16.7 Å². The number of hydrogen-bond donors (Lipinski definition) is 2. The highest BCUT2D eigenvalue weighted by Gasteiger charge is 1.93. The standard InChI is InChI=1S/C9H10N2O.C5H5ClN2.C4H6O/c1-7(12)4-5-9-8(10)3-2-6-11-9;6-5-4(7)2-1-3-8-5;1-3-4(2)5/h2-6H,10H2,1H3;1-3H,7H2;3H,1H2,2H3/b5-4+;;. The maximum Gasteiger partial charge on any atom is 0.152 e. The van der Waals surface area contributed by atoms with E-state index >= 15 is 0 Å². The van der Waals surface area contributed by atoms with Gasteiger partial charge in [0, 0.05) is 12.4 Å². The van der Waals surface area contributed by atoms with E-state index in [1.165, 1.54) is 26.0 Å². The van der Waals surface area contributed by atoms with Gasteiger partial charge in [-0.15, -0.1) is 0 Å². The zero-order chi connectivity index (χ0) is 19.2. The molecule has 0 aliphatic carbocycles. The SMILES string of the molecule is C=CC(C)=O.CC(=O)/C=C/c1ncccc1N.Nc1cccnc1Cl. The van der Waals surface area contributed by atoms with E-state index in [0.717, 1.165) is 0 Å². The Hall–Kier alpha value is -2.99. The average molecular weight is 361 g/mol. The second kappa shape index (κ2) is 12.4. The minimum absolute atomic E-state index is 0.0138. The fourth-order valence-corrected chi connectivity index (χ4v) is 1.28. The van der Waals surface area contributed by atoms with E-state index in [0.29, 0.717) is 22.2 Å². The highest BCUT2D eigenvalue weighted by atomic mass is 35.5. The van der Waals surface area contributed by atoms with Gasteiger partial charge in [-0.25, -0.2) is 4.98 Å². The summed E-state index contributed by atoms with van der Waals surface area (Å²) in [5.74, 6) is 0.00468. The first kappa shape index (κ1) is 22.0. The number of carbonyl (C=O) groups excluding carboxylic acids is 2. The van der Waals surface area contributed by atoms with Crippen molar-refractivity contribution in [3.05, 3.63) is 66.2 Å². The first-order valence-electron chi connectivity index (χ1n) is 7.16. The predicted molar refractivity (Wildman–Crippen MR) is 103 cm³/mol. The number of hydrogen-bond acceptors (Lipinski definition) is 6. The molecule has 2 rings (SSSR count). The van der Waals surface area contributed by atoms with Crippen LogP contribution in [0.4, 0.5) is 11.4 Å². The molecule has 0 unspecified atom stereocenters. The van der Waals surface area contributed by atoms with Crippen molar-refractivity contribution >= 4 is 40.6 Å². The highest BCUT2D eigenvalue weighted by Crippen LogP contribution is 2.11. The zero-order valence-corrected chi connectivity index (χ0v) is 14.9. The molecule has 0 radical (unpaired) electrons. The maximum atomic E-state index is 10.6. The van der Waals surface area contributed by atoms with Crippen LogP contribution in [-0.2, 0) is 9.59 Å². The monoisotopic (exact) mass is 360 g/mol. The van der Waals surface area contributed by atoms with Crippen LogP contribution in [-0.4, -0.2) is 21.5 Å². The summed E-state index contributed by atoms with van der Waals surface area (Å²) < 4.78 is 0. The Morgan fingerprint density at radius 1 is 1.04 bits per heavy atom. The van der Waals surface area contributed by atoms with Crippen LogP contribution in [0, 0.1) is 0 Å². The number of nitrogens with two attached hydrogens (primary N) is 2. The number of aromatic nitrogens is 2. The molecule has 0 aliphatic rings. The van der Waals surface area contributed by atoms with Crippen molar-refractivity contribution in [2.24, 2.45) is 0 Å². The molecule has 0 atom stereocenters. The van der Waals surface area contributed by atoms with Crippen molar-refractivity contribution in [1.82, 2.24) is 9.97 Å². The van der Waals surface area contributed by atoms with E-state index in [2.05, 4.69) is 16.5 Å². The van der Waals surface area contributed by atoms with Crippen LogP contribution < -0.4 is 11.5 Å².